The number of thioether (sulfide) groups is 1. The van der Waals surface area contributed by atoms with Gasteiger partial charge in [-0.2, -0.15) is 0 Å². The standard InChI is InChI=1S/C26H30FN5O2S/c1-26(2,3)28-22(33)16-31-12-14-32(15-13-31)23(34)17-35-25-21-7-5-4-6-20(21)24(29-30-25)18-8-10-19(27)11-9-18/h4-11H,12-17H2,1-3H3,(H,28,33). The van der Waals surface area contributed by atoms with Gasteiger partial charge in [0.15, 0.2) is 0 Å². The van der Waals surface area contributed by atoms with E-state index >= 15 is 0 Å². The van der Waals surface area contributed by atoms with Crippen LogP contribution in [0.4, 0.5) is 4.39 Å². The van der Waals surface area contributed by atoms with Gasteiger partial charge in [0, 0.05) is 48.1 Å². The van der Waals surface area contributed by atoms with E-state index in [-0.39, 0.29) is 28.9 Å². The van der Waals surface area contributed by atoms with Crippen LogP contribution in [0.1, 0.15) is 20.8 Å². The Morgan fingerprint density at radius 3 is 2.29 bits per heavy atom. The number of hydrogen-bond donors (Lipinski definition) is 1. The summed E-state index contributed by atoms with van der Waals surface area (Å²) in [6, 6.07) is 14.0. The summed E-state index contributed by atoms with van der Waals surface area (Å²) in [5.41, 5.74) is 1.22. The van der Waals surface area contributed by atoms with Crippen molar-refractivity contribution in [3.63, 3.8) is 0 Å². The Bertz CT molecular complexity index is 1200. The Hall–Kier alpha value is -3.04. The number of rotatable bonds is 6. The van der Waals surface area contributed by atoms with Crippen LogP contribution in [0.3, 0.4) is 0 Å². The summed E-state index contributed by atoms with van der Waals surface area (Å²) in [4.78, 5) is 29.0. The van der Waals surface area contributed by atoms with Gasteiger partial charge in [0.05, 0.1) is 12.3 Å². The number of piperazine rings is 1. The quantitative estimate of drug-likeness (QED) is 0.527. The second kappa shape index (κ2) is 10.7. The van der Waals surface area contributed by atoms with Crippen molar-refractivity contribution in [2.24, 2.45) is 0 Å². The normalized spacial score (nSPS) is 14.8. The number of nitrogens with zero attached hydrogens (tertiary/aromatic N) is 4. The molecule has 184 valence electrons. The number of fused-ring (bicyclic) bond motifs is 1. The minimum atomic E-state index is -0.300. The van der Waals surface area contributed by atoms with Crippen LogP contribution in [0.15, 0.2) is 53.6 Å². The number of amides is 2. The largest absolute Gasteiger partial charge is 0.350 e. The third-order valence-electron chi connectivity index (χ3n) is 5.71. The molecule has 1 N–H and O–H groups in total. The lowest BCUT2D eigenvalue weighted by atomic mass is 10.1. The van der Waals surface area contributed by atoms with Gasteiger partial charge in [0.25, 0.3) is 0 Å². The van der Waals surface area contributed by atoms with E-state index in [1.54, 1.807) is 12.1 Å². The van der Waals surface area contributed by atoms with Gasteiger partial charge in [-0.25, -0.2) is 4.39 Å². The molecule has 3 aromatic rings. The molecule has 0 bridgehead atoms. The van der Waals surface area contributed by atoms with Crippen molar-refractivity contribution in [2.45, 2.75) is 31.3 Å². The Morgan fingerprint density at radius 1 is 0.971 bits per heavy atom. The summed E-state index contributed by atoms with van der Waals surface area (Å²) < 4.78 is 13.4. The fraction of sp³-hybridized carbons (Fsp3) is 0.385. The molecule has 35 heavy (non-hydrogen) atoms. The SMILES string of the molecule is CC(C)(C)NC(=O)CN1CCN(C(=O)CSc2nnc(-c3ccc(F)cc3)c3ccccc23)CC1. The van der Waals surface area contributed by atoms with Crippen LogP contribution in [0, 0.1) is 5.82 Å². The van der Waals surface area contributed by atoms with Crippen LogP contribution >= 0.6 is 11.8 Å². The van der Waals surface area contributed by atoms with E-state index in [2.05, 4.69) is 20.4 Å². The topological polar surface area (TPSA) is 78.4 Å². The summed E-state index contributed by atoms with van der Waals surface area (Å²) in [5, 5.41) is 14.3. The molecule has 7 nitrogen and oxygen atoms in total. The maximum absolute atomic E-state index is 13.4. The zero-order valence-corrected chi connectivity index (χ0v) is 21.1. The van der Waals surface area contributed by atoms with Crippen molar-refractivity contribution < 1.29 is 14.0 Å². The fourth-order valence-electron chi connectivity index (χ4n) is 4.04. The Kier molecular flexibility index (Phi) is 7.66. The lowest BCUT2D eigenvalue weighted by molar-refractivity contribution is -0.130. The van der Waals surface area contributed by atoms with Gasteiger partial charge >= 0.3 is 0 Å². The smallest absolute Gasteiger partial charge is 0.234 e. The molecule has 1 aliphatic rings. The molecule has 0 spiro atoms. The van der Waals surface area contributed by atoms with Gasteiger partial charge in [0.2, 0.25) is 11.8 Å². The Balaban J connectivity index is 1.36. The van der Waals surface area contributed by atoms with Crippen LogP contribution in [-0.4, -0.2) is 75.8 Å². The molecule has 2 amide bonds. The van der Waals surface area contributed by atoms with Crippen molar-refractivity contribution in [2.75, 3.05) is 38.5 Å². The number of hydrogen-bond acceptors (Lipinski definition) is 6. The van der Waals surface area contributed by atoms with Crippen molar-refractivity contribution in [1.82, 2.24) is 25.3 Å². The lowest BCUT2D eigenvalue weighted by Crippen LogP contribution is -2.53. The number of carbonyl (C=O) groups is 2. The number of benzene rings is 2. The van der Waals surface area contributed by atoms with Crippen molar-refractivity contribution in [3.05, 3.63) is 54.3 Å². The number of nitrogens with one attached hydrogen (secondary N) is 1. The molecule has 2 aromatic carbocycles. The zero-order valence-electron chi connectivity index (χ0n) is 20.3. The molecule has 0 radical (unpaired) electrons. The molecule has 1 aromatic heterocycles. The molecule has 4 rings (SSSR count). The number of carbonyl (C=O) groups excluding carboxylic acids is 2. The molecule has 1 saturated heterocycles. The van der Waals surface area contributed by atoms with E-state index in [9.17, 15) is 14.0 Å². The van der Waals surface area contributed by atoms with E-state index in [0.29, 0.717) is 43.4 Å². The van der Waals surface area contributed by atoms with Crippen molar-refractivity contribution in [1.29, 1.82) is 0 Å². The monoisotopic (exact) mass is 495 g/mol. The van der Waals surface area contributed by atoms with E-state index in [1.165, 1.54) is 23.9 Å². The van der Waals surface area contributed by atoms with Gasteiger partial charge in [-0.05, 0) is 45.0 Å². The van der Waals surface area contributed by atoms with E-state index in [4.69, 9.17) is 0 Å². The van der Waals surface area contributed by atoms with Crippen molar-refractivity contribution in [3.8, 4) is 11.3 Å². The van der Waals surface area contributed by atoms with Gasteiger partial charge < -0.3 is 10.2 Å². The van der Waals surface area contributed by atoms with Gasteiger partial charge in [0.1, 0.15) is 16.5 Å². The minimum absolute atomic E-state index is 0.00219. The Morgan fingerprint density at radius 2 is 1.63 bits per heavy atom. The first kappa shape index (κ1) is 25.1. The zero-order chi connectivity index (χ0) is 25.0. The van der Waals surface area contributed by atoms with Gasteiger partial charge in [-0.15, -0.1) is 10.2 Å². The summed E-state index contributed by atoms with van der Waals surface area (Å²) in [6.45, 7) is 8.76. The second-order valence-corrected chi connectivity index (χ2v) is 10.6. The van der Waals surface area contributed by atoms with E-state index in [1.807, 2.05) is 49.9 Å². The van der Waals surface area contributed by atoms with Crippen molar-refractivity contribution >= 4 is 34.3 Å². The van der Waals surface area contributed by atoms with Gasteiger partial charge in [-0.3, -0.25) is 14.5 Å². The molecule has 2 heterocycles. The molecule has 9 heteroatoms. The second-order valence-electron chi connectivity index (χ2n) is 9.65. The molecule has 0 unspecified atom stereocenters. The van der Waals surface area contributed by atoms with Crippen LogP contribution in [0.2, 0.25) is 0 Å². The average molecular weight is 496 g/mol. The van der Waals surface area contributed by atoms with Crippen LogP contribution in [0.25, 0.3) is 22.0 Å². The third-order valence-corrected chi connectivity index (χ3v) is 6.68. The summed E-state index contributed by atoms with van der Waals surface area (Å²) >= 11 is 1.37. The van der Waals surface area contributed by atoms with E-state index < -0.39 is 0 Å². The average Bonchev–Trinajstić information content (AvgIpc) is 2.82. The van der Waals surface area contributed by atoms with Crippen LogP contribution < -0.4 is 5.32 Å². The predicted octanol–water partition coefficient (Wildman–Crippen LogP) is 3.59. The predicted molar refractivity (Wildman–Crippen MR) is 137 cm³/mol. The summed E-state index contributed by atoms with van der Waals surface area (Å²) in [5.74, 6) is 0.00868. The molecule has 0 atom stereocenters. The molecular weight excluding hydrogens is 465 g/mol. The highest BCUT2D eigenvalue weighted by Gasteiger charge is 2.24. The lowest BCUT2D eigenvalue weighted by Gasteiger charge is -2.34. The third kappa shape index (κ3) is 6.55. The fourth-order valence-corrected chi connectivity index (χ4v) is 4.92. The molecule has 0 aliphatic carbocycles. The Labute approximate surface area is 209 Å². The summed E-state index contributed by atoms with van der Waals surface area (Å²) in [6.07, 6.45) is 0. The van der Waals surface area contributed by atoms with E-state index in [0.717, 1.165) is 16.3 Å². The highest BCUT2D eigenvalue weighted by molar-refractivity contribution is 8.00. The van der Waals surface area contributed by atoms with Gasteiger partial charge in [-0.1, -0.05) is 36.0 Å². The molecule has 0 saturated carbocycles. The number of aromatic nitrogens is 2. The van der Waals surface area contributed by atoms with Crippen LogP contribution in [0.5, 0.6) is 0 Å². The molecular formula is C26H30FN5O2S. The maximum atomic E-state index is 13.4. The summed E-state index contributed by atoms with van der Waals surface area (Å²) in [7, 11) is 0. The van der Waals surface area contributed by atoms with Crippen LogP contribution in [-0.2, 0) is 9.59 Å². The molecule has 1 aliphatic heterocycles. The first-order valence-corrected chi connectivity index (χ1v) is 12.6. The number of halogens is 1. The highest BCUT2D eigenvalue weighted by Crippen LogP contribution is 2.31. The maximum Gasteiger partial charge on any atom is 0.234 e. The minimum Gasteiger partial charge on any atom is -0.350 e. The highest BCUT2D eigenvalue weighted by atomic mass is 32.2. The molecule has 1 fully saturated rings. The first-order chi connectivity index (χ1) is 16.7. The first-order valence-electron chi connectivity index (χ1n) is 11.6.